The van der Waals surface area contributed by atoms with E-state index in [4.69, 9.17) is 21.3 Å². The number of halogens is 2. The molecule has 4 rings (SSSR count). The molecule has 9 heteroatoms. The van der Waals surface area contributed by atoms with E-state index in [0.717, 1.165) is 21.0 Å². The zero-order chi connectivity index (χ0) is 23.4. The highest BCUT2D eigenvalue weighted by atomic mass is 35.5. The zero-order valence-corrected chi connectivity index (χ0v) is 20.4. The number of ether oxygens (including phenoxy) is 1. The molecule has 32 heavy (non-hydrogen) atoms. The molecule has 0 aliphatic carbocycles. The number of fused-ring (bicyclic) bond motifs is 3. The summed E-state index contributed by atoms with van der Waals surface area (Å²) < 4.78 is 22.5. The van der Waals surface area contributed by atoms with Crippen LogP contribution in [0, 0.1) is 26.6 Å². The van der Waals surface area contributed by atoms with Crippen LogP contribution < -0.4 is 0 Å². The Labute approximate surface area is 195 Å². The zero-order valence-electron chi connectivity index (χ0n) is 18.8. The first-order valence-electron chi connectivity index (χ1n) is 10.2. The fraction of sp³-hybridized carbons (Fsp3) is 0.391. The molecular weight excluding hydrogens is 451 g/mol. The van der Waals surface area contributed by atoms with Gasteiger partial charge in [-0.3, -0.25) is 14.4 Å². The fourth-order valence-corrected chi connectivity index (χ4v) is 5.11. The summed E-state index contributed by atoms with van der Waals surface area (Å²) >= 11 is 7.57. The van der Waals surface area contributed by atoms with Crippen LogP contribution in [0.25, 0.3) is 5.00 Å². The van der Waals surface area contributed by atoms with E-state index in [-0.39, 0.29) is 6.42 Å². The third-order valence-electron chi connectivity index (χ3n) is 5.21. The second-order valence-corrected chi connectivity index (χ2v) is 10.5. The van der Waals surface area contributed by atoms with Gasteiger partial charge in [0.2, 0.25) is 0 Å². The van der Waals surface area contributed by atoms with Crippen molar-refractivity contribution in [2.24, 2.45) is 4.99 Å². The van der Waals surface area contributed by atoms with Gasteiger partial charge in [0.15, 0.2) is 5.82 Å². The minimum absolute atomic E-state index is 0.0406. The second kappa shape index (κ2) is 8.08. The Morgan fingerprint density at radius 1 is 1.25 bits per heavy atom. The van der Waals surface area contributed by atoms with E-state index in [1.54, 1.807) is 23.5 Å². The van der Waals surface area contributed by atoms with E-state index >= 15 is 4.39 Å². The van der Waals surface area contributed by atoms with Gasteiger partial charge in [-0.1, -0.05) is 11.6 Å². The lowest BCUT2D eigenvalue weighted by Crippen LogP contribution is -2.25. The highest BCUT2D eigenvalue weighted by Gasteiger charge is 2.34. The number of esters is 1. The number of aryl methyl sites for hydroxylation is 2. The number of carbonyl (C=O) groups is 1. The number of aliphatic imine (C=N–C) groups is 1. The Hall–Kier alpha value is -2.58. The van der Waals surface area contributed by atoms with Crippen molar-refractivity contribution in [3.63, 3.8) is 0 Å². The third kappa shape index (κ3) is 4.09. The number of benzene rings is 1. The van der Waals surface area contributed by atoms with Gasteiger partial charge in [-0.05, 0) is 65.3 Å². The monoisotopic (exact) mass is 474 g/mol. The molecule has 1 atom stereocenters. The molecule has 0 bridgehead atoms. The first-order chi connectivity index (χ1) is 15.0. The Morgan fingerprint density at radius 3 is 2.62 bits per heavy atom. The van der Waals surface area contributed by atoms with E-state index in [9.17, 15) is 4.79 Å². The number of thiophene rings is 1. The van der Waals surface area contributed by atoms with E-state index in [0.29, 0.717) is 27.9 Å². The molecule has 6 nitrogen and oxygen atoms in total. The van der Waals surface area contributed by atoms with Crippen molar-refractivity contribution in [2.45, 2.75) is 59.6 Å². The van der Waals surface area contributed by atoms with Crippen molar-refractivity contribution in [3.8, 4) is 5.00 Å². The lowest BCUT2D eigenvalue weighted by atomic mass is 9.99. The molecule has 1 aliphatic rings. The molecule has 1 aromatic carbocycles. The maximum Gasteiger partial charge on any atom is 0.308 e. The number of hydrogen-bond donors (Lipinski definition) is 0. The second-order valence-electron chi connectivity index (χ2n) is 8.81. The van der Waals surface area contributed by atoms with Crippen LogP contribution in [0.15, 0.2) is 23.2 Å². The molecule has 0 spiro atoms. The van der Waals surface area contributed by atoms with E-state index in [1.165, 1.54) is 6.07 Å². The quantitative estimate of drug-likeness (QED) is 0.458. The Kier molecular flexibility index (Phi) is 5.71. The summed E-state index contributed by atoms with van der Waals surface area (Å²) in [5.41, 5.74) is 1.96. The van der Waals surface area contributed by atoms with Gasteiger partial charge in [0, 0.05) is 21.0 Å². The van der Waals surface area contributed by atoms with Gasteiger partial charge in [0.1, 0.15) is 28.3 Å². The molecule has 1 unspecified atom stereocenters. The summed E-state index contributed by atoms with van der Waals surface area (Å²) in [6.07, 6.45) is -0.0406. The van der Waals surface area contributed by atoms with Crippen molar-refractivity contribution in [1.82, 2.24) is 14.8 Å². The van der Waals surface area contributed by atoms with Crippen LogP contribution in [0.1, 0.15) is 66.5 Å². The number of hydrogen-bond acceptors (Lipinski definition) is 6. The van der Waals surface area contributed by atoms with Crippen LogP contribution in [0.2, 0.25) is 5.02 Å². The molecule has 3 aromatic rings. The highest BCUT2D eigenvalue weighted by molar-refractivity contribution is 7.15. The predicted molar refractivity (Wildman–Crippen MR) is 124 cm³/mol. The molecule has 0 amide bonds. The smallest absolute Gasteiger partial charge is 0.308 e. The molecule has 0 radical (unpaired) electrons. The largest absolute Gasteiger partial charge is 0.460 e. The van der Waals surface area contributed by atoms with Crippen molar-refractivity contribution >= 4 is 34.6 Å². The van der Waals surface area contributed by atoms with Gasteiger partial charge in [-0.15, -0.1) is 21.5 Å². The van der Waals surface area contributed by atoms with Gasteiger partial charge >= 0.3 is 5.97 Å². The lowest BCUT2D eigenvalue weighted by molar-refractivity contribution is -0.155. The number of rotatable bonds is 3. The van der Waals surface area contributed by atoms with Crippen molar-refractivity contribution in [2.75, 3.05) is 0 Å². The highest BCUT2D eigenvalue weighted by Crippen LogP contribution is 2.40. The number of nitrogens with zero attached hydrogens (tertiary/aromatic N) is 4. The van der Waals surface area contributed by atoms with Gasteiger partial charge in [0.05, 0.1) is 12.1 Å². The topological polar surface area (TPSA) is 69.4 Å². The molecule has 168 valence electrons. The van der Waals surface area contributed by atoms with Gasteiger partial charge in [-0.25, -0.2) is 4.39 Å². The van der Waals surface area contributed by atoms with Crippen LogP contribution in [0.4, 0.5) is 4.39 Å². The molecule has 2 aromatic heterocycles. The fourth-order valence-electron chi connectivity index (χ4n) is 3.73. The maximum atomic E-state index is 15.1. The van der Waals surface area contributed by atoms with E-state index < -0.39 is 23.4 Å². The Balaban J connectivity index is 1.95. The average Bonchev–Trinajstić information content (AvgIpc) is 3.13. The van der Waals surface area contributed by atoms with E-state index in [2.05, 4.69) is 10.2 Å². The molecule has 0 saturated heterocycles. The van der Waals surface area contributed by atoms with E-state index in [1.807, 2.05) is 46.1 Å². The minimum Gasteiger partial charge on any atom is -0.460 e. The summed E-state index contributed by atoms with van der Waals surface area (Å²) in [4.78, 5) is 18.7. The summed E-state index contributed by atoms with van der Waals surface area (Å²) in [5.74, 6) is 0.313. The number of aromatic nitrogens is 3. The summed E-state index contributed by atoms with van der Waals surface area (Å²) in [6.45, 7) is 11.3. The summed E-state index contributed by atoms with van der Waals surface area (Å²) in [7, 11) is 0. The van der Waals surface area contributed by atoms with Gasteiger partial charge < -0.3 is 4.74 Å². The Bertz CT molecular complexity index is 1260. The number of carbonyl (C=O) groups excluding carboxylic acids is 1. The average molecular weight is 475 g/mol. The van der Waals surface area contributed by atoms with Gasteiger partial charge in [0.25, 0.3) is 0 Å². The van der Waals surface area contributed by atoms with Crippen LogP contribution in [-0.4, -0.2) is 32.0 Å². The molecular formula is C23H24ClFN4O2S. The third-order valence-corrected chi connectivity index (χ3v) is 6.63. The summed E-state index contributed by atoms with van der Waals surface area (Å²) in [5, 5.41) is 9.74. The van der Waals surface area contributed by atoms with Gasteiger partial charge in [-0.2, -0.15) is 0 Å². The molecule has 0 N–H and O–H groups in total. The molecule has 0 saturated carbocycles. The predicted octanol–water partition coefficient (Wildman–Crippen LogP) is 5.67. The maximum absolute atomic E-state index is 15.1. The van der Waals surface area contributed by atoms with Crippen molar-refractivity contribution < 1.29 is 13.9 Å². The first-order valence-corrected chi connectivity index (χ1v) is 11.4. The molecule has 0 fully saturated rings. The van der Waals surface area contributed by atoms with Crippen LogP contribution in [0.5, 0.6) is 0 Å². The molecule has 3 heterocycles. The van der Waals surface area contributed by atoms with Crippen molar-refractivity contribution in [3.05, 3.63) is 62.3 Å². The summed E-state index contributed by atoms with van der Waals surface area (Å²) in [6, 6.07) is 3.84. The van der Waals surface area contributed by atoms with Crippen LogP contribution in [-0.2, 0) is 9.53 Å². The van der Waals surface area contributed by atoms with Crippen molar-refractivity contribution in [1.29, 1.82) is 0 Å². The van der Waals surface area contributed by atoms with Crippen LogP contribution in [0.3, 0.4) is 0 Å². The normalized spacial score (nSPS) is 15.6. The Morgan fingerprint density at radius 2 is 1.97 bits per heavy atom. The molecule has 1 aliphatic heterocycles. The SMILES string of the molecule is Cc1sc2c(c1C)C(c1ccc(Cl)cc1F)=NC(CC(=O)OC(C)(C)C)c1nnc(C)n1-2. The van der Waals surface area contributed by atoms with Crippen LogP contribution >= 0.6 is 22.9 Å². The standard InChI is InChI=1S/C23H24ClFN4O2S/c1-11-12(2)32-22-19(11)20(15-8-7-14(24)9-16(15)25)26-17(10-18(30)31-23(4,5)6)21-28-27-13(3)29(21)22/h7-9,17H,10H2,1-6H3. The minimum atomic E-state index is -0.685. The lowest BCUT2D eigenvalue weighted by Gasteiger charge is -2.21. The first kappa shape index (κ1) is 22.6.